The smallest absolute Gasteiger partial charge is 0.341 e. The van der Waals surface area contributed by atoms with E-state index in [1.54, 1.807) is 16.7 Å². The van der Waals surface area contributed by atoms with Gasteiger partial charge in [-0.25, -0.2) is 14.2 Å². The third kappa shape index (κ3) is 2.78. The van der Waals surface area contributed by atoms with Gasteiger partial charge in [0.2, 0.25) is 5.43 Å². The van der Waals surface area contributed by atoms with Crippen LogP contribution < -0.4 is 15.6 Å². The van der Waals surface area contributed by atoms with Crippen LogP contribution >= 0.6 is 0 Å². The van der Waals surface area contributed by atoms with Gasteiger partial charge in [0.05, 0.1) is 22.1 Å². The zero-order valence-electron chi connectivity index (χ0n) is 16.2. The average molecular weight is 396 g/mol. The summed E-state index contributed by atoms with van der Waals surface area (Å²) in [7, 11) is 1.89. The first-order valence-corrected chi connectivity index (χ1v) is 9.66. The summed E-state index contributed by atoms with van der Waals surface area (Å²) in [6, 6.07) is 4.80. The van der Waals surface area contributed by atoms with Crippen LogP contribution in [0.25, 0.3) is 21.9 Å². The van der Waals surface area contributed by atoms with Gasteiger partial charge < -0.3 is 19.9 Å². The third-order valence-electron chi connectivity index (χ3n) is 6.06. The maximum absolute atomic E-state index is 14.8. The number of pyridine rings is 2. The van der Waals surface area contributed by atoms with Gasteiger partial charge in [0.15, 0.2) is 0 Å². The molecule has 2 aromatic heterocycles. The summed E-state index contributed by atoms with van der Waals surface area (Å²) in [6.45, 7) is 3.46. The quantitative estimate of drug-likeness (QED) is 0.659. The zero-order valence-corrected chi connectivity index (χ0v) is 16.2. The van der Waals surface area contributed by atoms with Crippen LogP contribution in [0.5, 0.6) is 0 Å². The Balaban J connectivity index is 1.70. The molecule has 3 heterocycles. The molecule has 2 fully saturated rings. The van der Waals surface area contributed by atoms with E-state index < -0.39 is 11.4 Å². The summed E-state index contributed by atoms with van der Waals surface area (Å²) in [5.74, 6) is -1.65. The standard InChI is InChI=1S/C21H21FN4O3/c1-21(23-2)9-25(10-21)17-7-16-11(6-15(17)22)5-13-18(27)14(20(28)29)8-26(12-3-4-12)19(13)24-16/h5-8,12,23H,3-4,9-10H2,1-2H3,(H,28,29). The van der Waals surface area contributed by atoms with E-state index in [4.69, 9.17) is 0 Å². The highest BCUT2D eigenvalue weighted by atomic mass is 19.1. The highest BCUT2D eigenvalue weighted by Gasteiger charge is 2.38. The van der Waals surface area contributed by atoms with Crippen molar-refractivity contribution in [2.75, 3.05) is 25.0 Å². The topological polar surface area (TPSA) is 87.5 Å². The van der Waals surface area contributed by atoms with Gasteiger partial charge in [-0.3, -0.25) is 4.79 Å². The molecule has 1 aliphatic carbocycles. The third-order valence-corrected chi connectivity index (χ3v) is 6.06. The minimum absolute atomic E-state index is 0.0438. The molecule has 3 aromatic rings. The highest BCUT2D eigenvalue weighted by molar-refractivity contribution is 5.97. The SMILES string of the molecule is CNC1(C)CN(c2cc3nc4c(cc3cc2F)c(=O)c(C(=O)O)cn4C2CC2)C1. The summed E-state index contributed by atoms with van der Waals surface area (Å²) in [5, 5.41) is 13.3. The van der Waals surface area contributed by atoms with Gasteiger partial charge in [0.25, 0.3) is 0 Å². The number of rotatable bonds is 4. The predicted molar refractivity (Wildman–Crippen MR) is 108 cm³/mol. The maximum Gasteiger partial charge on any atom is 0.341 e. The van der Waals surface area contributed by atoms with Crippen LogP contribution in [0.1, 0.15) is 36.2 Å². The molecule has 1 aromatic carbocycles. The molecular formula is C21H21FN4O3. The lowest BCUT2D eigenvalue weighted by molar-refractivity contribution is 0.0695. The van der Waals surface area contributed by atoms with Crippen LogP contribution in [0, 0.1) is 5.82 Å². The molecule has 2 N–H and O–H groups in total. The number of halogens is 1. The highest BCUT2D eigenvalue weighted by Crippen LogP contribution is 2.38. The number of aromatic nitrogens is 2. The van der Waals surface area contributed by atoms with Crippen molar-refractivity contribution in [2.45, 2.75) is 31.3 Å². The Labute approximate surface area is 165 Å². The van der Waals surface area contributed by atoms with Gasteiger partial charge in [-0.1, -0.05) is 0 Å². The van der Waals surface area contributed by atoms with E-state index in [-0.39, 0.29) is 28.3 Å². The second-order valence-corrected chi connectivity index (χ2v) is 8.34. The molecule has 150 valence electrons. The molecule has 0 atom stereocenters. The molecule has 8 heteroatoms. The number of anilines is 1. The first kappa shape index (κ1) is 18.1. The molecule has 7 nitrogen and oxygen atoms in total. The number of fused-ring (bicyclic) bond motifs is 2. The van der Waals surface area contributed by atoms with Gasteiger partial charge in [0.1, 0.15) is 17.0 Å². The molecule has 1 saturated carbocycles. The lowest BCUT2D eigenvalue weighted by Gasteiger charge is -2.49. The van der Waals surface area contributed by atoms with Crippen molar-refractivity contribution in [3.05, 3.63) is 46.0 Å². The molecule has 29 heavy (non-hydrogen) atoms. The molecular weight excluding hydrogens is 375 g/mol. The number of aromatic carboxylic acids is 1. The molecule has 2 aliphatic rings. The molecule has 1 saturated heterocycles. The summed E-state index contributed by atoms with van der Waals surface area (Å²) in [5.41, 5.74) is 0.614. The number of hydrogen-bond acceptors (Lipinski definition) is 5. The van der Waals surface area contributed by atoms with E-state index in [2.05, 4.69) is 17.2 Å². The number of hydrogen-bond donors (Lipinski definition) is 2. The van der Waals surface area contributed by atoms with E-state index in [0.717, 1.165) is 12.8 Å². The summed E-state index contributed by atoms with van der Waals surface area (Å²) >= 11 is 0. The molecule has 0 amide bonds. The Morgan fingerprint density at radius 3 is 2.66 bits per heavy atom. The molecule has 1 aliphatic heterocycles. The van der Waals surface area contributed by atoms with Gasteiger partial charge in [-0.15, -0.1) is 0 Å². The normalized spacial score (nSPS) is 18.2. The van der Waals surface area contributed by atoms with Crippen LogP contribution in [0.15, 0.2) is 29.2 Å². The van der Waals surface area contributed by atoms with E-state index in [1.807, 2.05) is 11.9 Å². The average Bonchev–Trinajstić information content (AvgIpc) is 3.49. The van der Waals surface area contributed by atoms with E-state index in [0.29, 0.717) is 35.3 Å². The number of benzene rings is 1. The van der Waals surface area contributed by atoms with Crippen molar-refractivity contribution in [3.63, 3.8) is 0 Å². The Morgan fingerprint density at radius 1 is 1.31 bits per heavy atom. The lowest BCUT2D eigenvalue weighted by Crippen LogP contribution is -2.67. The monoisotopic (exact) mass is 396 g/mol. The largest absolute Gasteiger partial charge is 0.477 e. The van der Waals surface area contributed by atoms with Crippen LogP contribution in [-0.4, -0.2) is 46.3 Å². The van der Waals surface area contributed by atoms with E-state index >= 15 is 0 Å². The van der Waals surface area contributed by atoms with Crippen molar-refractivity contribution >= 4 is 33.6 Å². The summed E-state index contributed by atoms with van der Waals surface area (Å²) in [6.07, 6.45) is 3.23. The van der Waals surface area contributed by atoms with Gasteiger partial charge in [-0.05, 0) is 45.0 Å². The van der Waals surface area contributed by atoms with Crippen LogP contribution in [-0.2, 0) is 0 Å². The fourth-order valence-electron chi connectivity index (χ4n) is 4.09. The zero-order chi connectivity index (χ0) is 20.5. The Bertz CT molecular complexity index is 1240. The number of likely N-dealkylation sites (N-methyl/N-ethyl adjacent to an activating group) is 1. The van der Waals surface area contributed by atoms with Crippen molar-refractivity contribution in [2.24, 2.45) is 0 Å². The first-order chi connectivity index (χ1) is 13.8. The Kier molecular flexibility index (Phi) is 3.73. The van der Waals surface area contributed by atoms with Crippen molar-refractivity contribution in [1.29, 1.82) is 0 Å². The number of carboxylic acid groups (broad SMARTS) is 1. The minimum atomic E-state index is -1.27. The van der Waals surface area contributed by atoms with Crippen LogP contribution in [0.2, 0.25) is 0 Å². The molecule has 5 rings (SSSR count). The summed E-state index contributed by atoms with van der Waals surface area (Å²) in [4.78, 5) is 30.8. The number of nitrogens with zero attached hydrogens (tertiary/aromatic N) is 3. The Morgan fingerprint density at radius 2 is 2.03 bits per heavy atom. The van der Waals surface area contributed by atoms with E-state index in [1.165, 1.54) is 12.3 Å². The molecule has 0 radical (unpaired) electrons. The van der Waals surface area contributed by atoms with Crippen molar-refractivity contribution in [1.82, 2.24) is 14.9 Å². The first-order valence-electron chi connectivity index (χ1n) is 9.66. The van der Waals surface area contributed by atoms with Gasteiger partial charge >= 0.3 is 5.97 Å². The fraction of sp³-hybridized carbons (Fsp3) is 0.381. The van der Waals surface area contributed by atoms with Gasteiger partial charge in [-0.2, -0.15) is 0 Å². The molecule has 0 unspecified atom stereocenters. The number of carboxylic acids is 1. The number of carbonyl (C=O) groups is 1. The van der Waals surface area contributed by atoms with Crippen LogP contribution in [0.3, 0.4) is 0 Å². The molecule has 0 bridgehead atoms. The van der Waals surface area contributed by atoms with Gasteiger partial charge in [0, 0.05) is 30.7 Å². The summed E-state index contributed by atoms with van der Waals surface area (Å²) < 4.78 is 16.6. The van der Waals surface area contributed by atoms with E-state index in [9.17, 15) is 19.1 Å². The van der Waals surface area contributed by atoms with Crippen molar-refractivity contribution < 1.29 is 14.3 Å². The van der Waals surface area contributed by atoms with Crippen molar-refractivity contribution in [3.8, 4) is 0 Å². The fourth-order valence-corrected chi connectivity index (χ4v) is 4.09. The second-order valence-electron chi connectivity index (χ2n) is 8.34. The predicted octanol–water partition coefficient (Wildman–Crippen LogP) is 2.52. The molecule has 0 spiro atoms. The Hall–Kier alpha value is -3.00. The van der Waals surface area contributed by atoms with Crippen LogP contribution in [0.4, 0.5) is 10.1 Å². The lowest BCUT2D eigenvalue weighted by atomic mass is 9.91. The minimum Gasteiger partial charge on any atom is -0.477 e. The second kappa shape index (κ2) is 6.00. The number of nitrogens with one attached hydrogen (secondary N) is 1. The maximum atomic E-state index is 14.8.